The lowest BCUT2D eigenvalue weighted by Crippen LogP contribution is -3.12. The van der Waals surface area contributed by atoms with E-state index < -0.39 is 0 Å². The number of benzene rings is 2. The third-order valence-electron chi connectivity index (χ3n) is 4.93. The van der Waals surface area contributed by atoms with Crippen LogP contribution in [-0.2, 0) is 0 Å². The van der Waals surface area contributed by atoms with Crippen LogP contribution >= 0.6 is 11.6 Å². The van der Waals surface area contributed by atoms with Gasteiger partial charge in [0.15, 0.2) is 0 Å². The van der Waals surface area contributed by atoms with Gasteiger partial charge in [-0.05, 0) is 55.3 Å². The van der Waals surface area contributed by atoms with Gasteiger partial charge in [-0.2, -0.15) is 0 Å². The van der Waals surface area contributed by atoms with Gasteiger partial charge >= 0.3 is 0 Å². The van der Waals surface area contributed by atoms with Crippen LogP contribution in [0.4, 0.5) is 11.4 Å². The summed E-state index contributed by atoms with van der Waals surface area (Å²) in [6, 6.07) is 11.5. The first kappa shape index (κ1) is 17.8. The molecule has 1 amide bonds. The van der Waals surface area contributed by atoms with Gasteiger partial charge in [-0.25, -0.2) is 0 Å². The van der Waals surface area contributed by atoms with E-state index in [2.05, 4.69) is 17.3 Å². The molecule has 25 heavy (non-hydrogen) atoms. The number of anilines is 2. The van der Waals surface area contributed by atoms with Crippen molar-refractivity contribution in [2.24, 2.45) is 0 Å². The summed E-state index contributed by atoms with van der Waals surface area (Å²) in [5, 5.41) is 3.62. The SMILES string of the molecule is Cc1ccc(C(=O)Nc2ccc(N3CC[NH+](C)CC3)c(Cl)c2)cc1C. The second-order valence-corrected chi connectivity index (χ2v) is 7.27. The smallest absolute Gasteiger partial charge is 0.255 e. The number of carbonyl (C=O) groups excluding carboxylic acids is 1. The van der Waals surface area contributed by atoms with Crippen LogP contribution in [0.15, 0.2) is 36.4 Å². The zero-order valence-electron chi connectivity index (χ0n) is 15.0. The number of carbonyl (C=O) groups is 1. The molecule has 132 valence electrons. The fourth-order valence-corrected chi connectivity index (χ4v) is 3.36. The molecule has 1 aliphatic rings. The van der Waals surface area contributed by atoms with Crippen LogP contribution in [0.2, 0.25) is 5.02 Å². The van der Waals surface area contributed by atoms with Crippen molar-refractivity contribution < 1.29 is 9.69 Å². The topological polar surface area (TPSA) is 36.8 Å². The van der Waals surface area contributed by atoms with Gasteiger partial charge < -0.3 is 15.1 Å². The van der Waals surface area contributed by atoms with Gasteiger partial charge in [-0.15, -0.1) is 0 Å². The second kappa shape index (κ2) is 7.46. The van der Waals surface area contributed by atoms with Crippen molar-refractivity contribution in [3.8, 4) is 0 Å². The van der Waals surface area contributed by atoms with Crippen LogP contribution in [0.1, 0.15) is 21.5 Å². The minimum Gasteiger partial charge on any atom is -0.359 e. The van der Waals surface area contributed by atoms with Crippen molar-refractivity contribution in [1.82, 2.24) is 0 Å². The molecule has 1 aliphatic heterocycles. The van der Waals surface area contributed by atoms with Crippen molar-refractivity contribution >= 4 is 28.9 Å². The minimum atomic E-state index is -0.116. The molecule has 0 bridgehead atoms. The Morgan fingerprint density at radius 1 is 1.08 bits per heavy atom. The maximum absolute atomic E-state index is 12.4. The zero-order chi connectivity index (χ0) is 18.0. The summed E-state index contributed by atoms with van der Waals surface area (Å²) in [6.07, 6.45) is 0. The van der Waals surface area contributed by atoms with E-state index in [1.807, 2.05) is 50.2 Å². The fourth-order valence-electron chi connectivity index (χ4n) is 3.06. The third kappa shape index (κ3) is 4.14. The number of rotatable bonds is 3. The number of amides is 1. The predicted molar refractivity (Wildman–Crippen MR) is 104 cm³/mol. The molecule has 2 aromatic carbocycles. The number of hydrogen-bond donors (Lipinski definition) is 2. The van der Waals surface area contributed by atoms with Crippen LogP contribution in [0, 0.1) is 13.8 Å². The highest BCUT2D eigenvalue weighted by Crippen LogP contribution is 2.29. The Kier molecular flexibility index (Phi) is 5.30. The fraction of sp³-hybridized carbons (Fsp3) is 0.350. The maximum atomic E-state index is 12.4. The summed E-state index contributed by atoms with van der Waals surface area (Å²) >= 11 is 6.47. The highest BCUT2D eigenvalue weighted by Gasteiger charge is 2.19. The van der Waals surface area contributed by atoms with Crippen molar-refractivity contribution in [3.05, 3.63) is 58.1 Å². The Bertz CT molecular complexity index is 783. The molecule has 5 heteroatoms. The summed E-state index contributed by atoms with van der Waals surface area (Å²) in [6.45, 7) is 8.27. The van der Waals surface area contributed by atoms with Crippen molar-refractivity contribution in [1.29, 1.82) is 0 Å². The van der Waals surface area contributed by atoms with E-state index in [1.54, 1.807) is 4.90 Å². The van der Waals surface area contributed by atoms with E-state index in [0.29, 0.717) is 10.6 Å². The first-order valence-electron chi connectivity index (χ1n) is 8.68. The lowest BCUT2D eigenvalue weighted by atomic mass is 10.1. The lowest BCUT2D eigenvalue weighted by Gasteiger charge is -2.32. The van der Waals surface area contributed by atoms with Gasteiger partial charge in [0.2, 0.25) is 0 Å². The predicted octanol–water partition coefficient (Wildman–Crippen LogP) is 2.54. The Hall–Kier alpha value is -2.04. The highest BCUT2D eigenvalue weighted by atomic mass is 35.5. The van der Waals surface area contributed by atoms with E-state index in [-0.39, 0.29) is 5.91 Å². The third-order valence-corrected chi connectivity index (χ3v) is 5.24. The standard InChI is InChI=1S/C20H24ClN3O/c1-14-4-5-16(12-15(14)2)20(25)22-17-6-7-19(18(21)13-17)24-10-8-23(3)9-11-24/h4-7,12-13H,8-11H2,1-3H3,(H,22,25)/p+1. The Morgan fingerprint density at radius 2 is 1.80 bits per heavy atom. The van der Waals surface area contributed by atoms with E-state index in [1.165, 1.54) is 5.56 Å². The molecule has 0 aliphatic carbocycles. The molecule has 0 saturated carbocycles. The first-order valence-corrected chi connectivity index (χ1v) is 9.06. The largest absolute Gasteiger partial charge is 0.359 e. The van der Waals surface area contributed by atoms with Gasteiger partial charge in [0.25, 0.3) is 5.91 Å². The molecule has 4 nitrogen and oxygen atoms in total. The molecule has 0 atom stereocenters. The van der Waals surface area contributed by atoms with E-state index >= 15 is 0 Å². The molecule has 1 fully saturated rings. The minimum absolute atomic E-state index is 0.116. The zero-order valence-corrected chi connectivity index (χ0v) is 15.8. The van der Waals surface area contributed by atoms with Gasteiger partial charge in [0.1, 0.15) is 0 Å². The Labute approximate surface area is 154 Å². The van der Waals surface area contributed by atoms with Gasteiger partial charge in [-0.3, -0.25) is 4.79 Å². The van der Waals surface area contributed by atoms with E-state index in [9.17, 15) is 4.79 Å². The summed E-state index contributed by atoms with van der Waals surface area (Å²) < 4.78 is 0. The molecule has 0 radical (unpaired) electrons. The summed E-state index contributed by atoms with van der Waals surface area (Å²) in [5.41, 5.74) is 4.71. The average molecular weight is 359 g/mol. The quantitative estimate of drug-likeness (QED) is 0.884. The summed E-state index contributed by atoms with van der Waals surface area (Å²) in [5.74, 6) is -0.116. The number of quaternary nitrogens is 1. The molecule has 2 aromatic rings. The number of nitrogens with zero attached hydrogens (tertiary/aromatic N) is 1. The van der Waals surface area contributed by atoms with Crippen LogP contribution < -0.4 is 15.1 Å². The van der Waals surface area contributed by atoms with E-state index in [0.717, 1.165) is 43.1 Å². The normalized spacial score (nSPS) is 15.3. The molecule has 3 rings (SSSR count). The van der Waals surface area contributed by atoms with Crippen LogP contribution in [0.3, 0.4) is 0 Å². The number of likely N-dealkylation sites (N-methyl/N-ethyl adjacent to an activating group) is 1. The number of nitrogens with one attached hydrogen (secondary N) is 2. The average Bonchev–Trinajstić information content (AvgIpc) is 2.58. The maximum Gasteiger partial charge on any atom is 0.255 e. The van der Waals surface area contributed by atoms with Crippen LogP contribution in [-0.4, -0.2) is 39.1 Å². The van der Waals surface area contributed by atoms with Crippen LogP contribution in [0.5, 0.6) is 0 Å². The van der Waals surface area contributed by atoms with Gasteiger partial charge in [0.05, 0.1) is 43.9 Å². The molecular weight excluding hydrogens is 334 g/mol. The number of hydrogen-bond acceptors (Lipinski definition) is 2. The molecule has 1 heterocycles. The Balaban J connectivity index is 1.72. The van der Waals surface area contributed by atoms with Crippen molar-refractivity contribution in [2.75, 3.05) is 43.4 Å². The molecule has 0 unspecified atom stereocenters. The molecular formula is C20H25ClN3O+. The van der Waals surface area contributed by atoms with Gasteiger partial charge in [-0.1, -0.05) is 17.7 Å². The summed E-state index contributed by atoms with van der Waals surface area (Å²) in [4.78, 5) is 16.3. The summed E-state index contributed by atoms with van der Waals surface area (Å²) in [7, 11) is 2.21. The van der Waals surface area contributed by atoms with Crippen molar-refractivity contribution in [2.45, 2.75) is 13.8 Å². The molecule has 1 saturated heterocycles. The highest BCUT2D eigenvalue weighted by molar-refractivity contribution is 6.33. The second-order valence-electron chi connectivity index (χ2n) is 6.86. The van der Waals surface area contributed by atoms with Crippen LogP contribution in [0.25, 0.3) is 0 Å². The Morgan fingerprint density at radius 3 is 2.44 bits per heavy atom. The molecule has 2 N–H and O–H groups in total. The number of piperazine rings is 1. The molecule has 0 spiro atoms. The first-order chi connectivity index (χ1) is 11.9. The number of aryl methyl sites for hydroxylation is 2. The number of halogens is 1. The van der Waals surface area contributed by atoms with Crippen molar-refractivity contribution in [3.63, 3.8) is 0 Å². The van der Waals surface area contributed by atoms with Gasteiger partial charge in [0, 0.05) is 11.3 Å². The monoisotopic (exact) mass is 358 g/mol. The molecule has 0 aromatic heterocycles. The van der Waals surface area contributed by atoms with E-state index in [4.69, 9.17) is 11.6 Å². The lowest BCUT2D eigenvalue weighted by molar-refractivity contribution is -0.880.